The van der Waals surface area contributed by atoms with E-state index >= 15 is 0 Å². The van der Waals surface area contributed by atoms with Crippen LogP contribution in [0.25, 0.3) is 0 Å². The summed E-state index contributed by atoms with van der Waals surface area (Å²) in [5.74, 6) is 3.15. The second kappa shape index (κ2) is 10.2. The summed E-state index contributed by atoms with van der Waals surface area (Å²) in [6.45, 7) is 5.44. The minimum atomic E-state index is 0.746. The molecule has 3 nitrogen and oxygen atoms in total. The SMILES string of the molecule is CCSCCOc1ccc(CNCCOC)cc1. The zero-order valence-corrected chi connectivity index (χ0v) is 12.1. The molecule has 0 spiro atoms. The molecule has 0 aliphatic rings. The first-order valence-electron chi connectivity index (χ1n) is 6.36. The van der Waals surface area contributed by atoms with Gasteiger partial charge in [0.25, 0.3) is 0 Å². The molecule has 0 amide bonds. The van der Waals surface area contributed by atoms with Crippen molar-refractivity contribution in [3.05, 3.63) is 29.8 Å². The van der Waals surface area contributed by atoms with Crippen LogP contribution in [0.3, 0.4) is 0 Å². The topological polar surface area (TPSA) is 30.5 Å². The molecule has 0 unspecified atom stereocenters. The molecule has 1 aromatic rings. The van der Waals surface area contributed by atoms with Gasteiger partial charge in [-0.15, -0.1) is 0 Å². The summed E-state index contributed by atoms with van der Waals surface area (Å²) in [5.41, 5.74) is 1.27. The molecule has 0 aliphatic heterocycles. The van der Waals surface area contributed by atoms with Gasteiger partial charge in [0.15, 0.2) is 0 Å². The molecular weight excluding hydrogens is 246 g/mol. The highest BCUT2D eigenvalue weighted by atomic mass is 32.2. The van der Waals surface area contributed by atoms with Crippen molar-refractivity contribution in [3.63, 3.8) is 0 Å². The van der Waals surface area contributed by atoms with Crippen LogP contribution in [-0.2, 0) is 11.3 Å². The molecule has 1 aromatic carbocycles. The highest BCUT2D eigenvalue weighted by molar-refractivity contribution is 7.99. The normalized spacial score (nSPS) is 10.6. The number of methoxy groups -OCH3 is 1. The molecule has 0 saturated carbocycles. The molecule has 0 bridgehead atoms. The summed E-state index contributed by atoms with van der Waals surface area (Å²) >= 11 is 1.90. The van der Waals surface area contributed by atoms with Crippen molar-refractivity contribution in [1.29, 1.82) is 0 Å². The van der Waals surface area contributed by atoms with Crippen LogP contribution >= 0.6 is 11.8 Å². The second-order valence-corrected chi connectivity index (χ2v) is 5.25. The van der Waals surface area contributed by atoms with E-state index in [2.05, 4.69) is 24.4 Å². The largest absolute Gasteiger partial charge is 0.493 e. The molecule has 0 aliphatic carbocycles. The van der Waals surface area contributed by atoms with Crippen LogP contribution in [0.5, 0.6) is 5.75 Å². The molecule has 1 N–H and O–H groups in total. The van der Waals surface area contributed by atoms with Crippen molar-refractivity contribution in [3.8, 4) is 5.75 Å². The number of rotatable bonds is 10. The van der Waals surface area contributed by atoms with E-state index in [1.807, 2.05) is 23.9 Å². The molecule has 18 heavy (non-hydrogen) atoms. The maximum atomic E-state index is 5.64. The molecule has 102 valence electrons. The summed E-state index contributed by atoms with van der Waals surface area (Å²) in [6.07, 6.45) is 0. The Balaban J connectivity index is 2.20. The van der Waals surface area contributed by atoms with Crippen LogP contribution in [0.15, 0.2) is 24.3 Å². The Kier molecular flexibility index (Phi) is 8.73. The van der Waals surface area contributed by atoms with Gasteiger partial charge in [-0.2, -0.15) is 11.8 Å². The van der Waals surface area contributed by atoms with Gasteiger partial charge in [-0.1, -0.05) is 19.1 Å². The van der Waals surface area contributed by atoms with Gasteiger partial charge in [0.05, 0.1) is 13.2 Å². The van der Waals surface area contributed by atoms with Crippen LogP contribution in [0.4, 0.5) is 0 Å². The zero-order valence-electron chi connectivity index (χ0n) is 11.3. The lowest BCUT2D eigenvalue weighted by Gasteiger charge is -2.07. The maximum absolute atomic E-state index is 5.64. The minimum absolute atomic E-state index is 0.746. The molecule has 4 heteroatoms. The van der Waals surface area contributed by atoms with E-state index in [-0.39, 0.29) is 0 Å². The summed E-state index contributed by atoms with van der Waals surface area (Å²) in [4.78, 5) is 0. The number of hydrogen-bond donors (Lipinski definition) is 1. The van der Waals surface area contributed by atoms with E-state index in [9.17, 15) is 0 Å². The van der Waals surface area contributed by atoms with Crippen LogP contribution in [0.2, 0.25) is 0 Å². The number of nitrogens with one attached hydrogen (secondary N) is 1. The third-order valence-corrected chi connectivity index (χ3v) is 3.30. The molecule has 0 fully saturated rings. The molecule has 0 radical (unpaired) electrons. The molecule has 0 saturated heterocycles. The van der Waals surface area contributed by atoms with E-state index in [4.69, 9.17) is 9.47 Å². The second-order valence-electron chi connectivity index (χ2n) is 3.86. The summed E-state index contributed by atoms with van der Waals surface area (Å²) < 4.78 is 10.6. The Bertz CT molecular complexity index is 272. The lowest BCUT2D eigenvalue weighted by molar-refractivity contribution is 0.199. The Labute approximate surface area is 114 Å². The van der Waals surface area contributed by atoms with Gasteiger partial charge in [0.2, 0.25) is 0 Å². The van der Waals surface area contributed by atoms with Gasteiger partial charge in [0.1, 0.15) is 5.75 Å². The van der Waals surface area contributed by atoms with Crippen LogP contribution in [-0.4, -0.2) is 38.4 Å². The van der Waals surface area contributed by atoms with E-state index < -0.39 is 0 Å². The van der Waals surface area contributed by atoms with Gasteiger partial charge >= 0.3 is 0 Å². The molecule has 0 aromatic heterocycles. The standard InChI is InChI=1S/C14H23NO2S/c1-3-18-11-10-17-14-6-4-13(5-7-14)12-15-8-9-16-2/h4-7,15H,3,8-12H2,1-2H3. The van der Waals surface area contributed by atoms with Gasteiger partial charge in [-0.25, -0.2) is 0 Å². The first kappa shape index (κ1) is 15.3. The quantitative estimate of drug-likeness (QED) is 0.661. The number of ether oxygens (including phenoxy) is 2. The highest BCUT2D eigenvalue weighted by Crippen LogP contribution is 2.12. The lowest BCUT2D eigenvalue weighted by atomic mass is 10.2. The van der Waals surface area contributed by atoms with E-state index in [0.717, 1.165) is 43.6 Å². The summed E-state index contributed by atoms with van der Waals surface area (Å²) in [7, 11) is 1.71. The van der Waals surface area contributed by atoms with Crippen molar-refractivity contribution < 1.29 is 9.47 Å². The van der Waals surface area contributed by atoms with Gasteiger partial charge in [-0.05, 0) is 23.4 Å². The van der Waals surface area contributed by atoms with Crippen molar-refractivity contribution in [1.82, 2.24) is 5.32 Å². The number of benzene rings is 1. The third kappa shape index (κ3) is 6.89. The monoisotopic (exact) mass is 269 g/mol. The van der Waals surface area contributed by atoms with Crippen molar-refractivity contribution in [2.75, 3.05) is 38.4 Å². The summed E-state index contributed by atoms with van der Waals surface area (Å²) in [6, 6.07) is 8.26. The van der Waals surface area contributed by atoms with E-state index in [1.165, 1.54) is 5.56 Å². The Morgan fingerprint density at radius 2 is 1.94 bits per heavy atom. The number of thioether (sulfide) groups is 1. The minimum Gasteiger partial charge on any atom is -0.493 e. The Morgan fingerprint density at radius 3 is 2.61 bits per heavy atom. The van der Waals surface area contributed by atoms with Crippen LogP contribution in [0.1, 0.15) is 12.5 Å². The third-order valence-electron chi connectivity index (χ3n) is 2.44. The first-order valence-corrected chi connectivity index (χ1v) is 7.51. The van der Waals surface area contributed by atoms with Gasteiger partial charge in [-0.3, -0.25) is 0 Å². The fraction of sp³-hybridized carbons (Fsp3) is 0.571. The van der Waals surface area contributed by atoms with Crippen molar-refractivity contribution >= 4 is 11.8 Å². The van der Waals surface area contributed by atoms with Crippen molar-refractivity contribution in [2.24, 2.45) is 0 Å². The average molecular weight is 269 g/mol. The predicted molar refractivity (Wildman–Crippen MR) is 78.5 cm³/mol. The number of hydrogen-bond acceptors (Lipinski definition) is 4. The fourth-order valence-corrected chi connectivity index (χ4v) is 1.96. The van der Waals surface area contributed by atoms with Crippen LogP contribution < -0.4 is 10.1 Å². The smallest absolute Gasteiger partial charge is 0.119 e. The van der Waals surface area contributed by atoms with Gasteiger partial charge < -0.3 is 14.8 Å². The molecule has 0 atom stereocenters. The predicted octanol–water partition coefficient (Wildman–Crippen LogP) is 2.55. The van der Waals surface area contributed by atoms with Crippen LogP contribution in [0, 0.1) is 0 Å². The Hall–Kier alpha value is -0.710. The summed E-state index contributed by atoms with van der Waals surface area (Å²) in [5, 5.41) is 3.31. The maximum Gasteiger partial charge on any atom is 0.119 e. The Morgan fingerprint density at radius 1 is 1.17 bits per heavy atom. The lowest BCUT2D eigenvalue weighted by Crippen LogP contribution is -2.18. The molecule has 0 heterocycles. The molecular formula is C14H23NO2S. The molecule has 1 rings (SSSR count). The van der Waals surface area contributed by atoms with E-state index in [0.29, 0.717) is 0 Å². The fourth-order valence-electron chi connectivity index (χ4n) is 1.47. The van der Waals surface area contributed by atoms with Gasteiger partial charge in [0, 0.05) is 26.0 Å². The zero-order chi connectivity index (χ0) is 13.1. The average Bonchev–Trinajstić information content (AvgIpc) is 2.41. The highest BCUT2D eigenvalue weighted by Gasteiger charge is 1.96. The first-order chi connectivity index (χ1) is 8.86. The van der Waals surface area contributed by atoms with E-state index in [1.54, 1.807) is 7.11 Å². The van der Waals surface area contributed by atoms with Crippen molar-refractivity contribution in [2.45, 2.75) is 13.5 Å².